The molecule has 1 aliphatic heterocycles. The van der Waals surface area contributed by atoms with Gasteiger partial charge in [0.1, 0.15) is 11.2 Å². The zero-order valence-electron chi connectivity index (χ0n) is 17.4. The first-order chi connectivity index (χ1) is 12.8. The number of esters is 1. The molecule has 0 radical (unpaired) electrons. The number of piperidine rings is 1. The maximum absolute atomic E-state index is 12.7. The Kier molecular flexibility index (Phi) is 6.82. The van der Waals surface area contributed by atoms with Gasteiger partial charge < -0.3 is 19.5 Å². The van der Waals surface area contributed by atoms with Crippen LogP contribution < -0.4 is 0 Å². The number of carbonyl (C=O) groups excluding carboxylic acids is 2. The smallest absolute Gasteiger partial charge is 0.410 e. The summed E-state index contributed by atoms with van der Waals surface area (Å²) in [5.41, 5.74) is 0.0567. The van der Waals surface area contributed by atoms with Gasteiger partial charge in [0.25, 0.3) is 0 Å². The number of aliphatic hydroxyl groups excluding tert-OH is 1. The molecule has 0 bridgehead atoms. The van der Waals surface area contributed by atoms with E-state index in [1.54, 1.807) is 23.1 Å². The summed E-state index contributed by atoms with van der Waals surface area (Å²) in [7, 11) is 0. The van der Waals surface area contributed by atoms with E-state index in [4.69, 9.17) is 9.47 Å². The SMILES string of the molecule is CC(C)(C)OC(=O)c1ccc([C@@H]2C[C@@H](O)CCN2C(=O)OC(C)(C)C)c(Br)c1. The molecule has 0 spiro atoms. The first kappa shape index (κ1) is 22.7. The van der Waals surface area contributed by atoms with Crippen LogP contribution >= 0.6 is 15.9 Å². The Morgan fingerprint density at radius 1 is 1.11 bits per heavy atom. The summed E-state index contributed by atoms with van der Waals surface area (Å²) < 4.78 is 11.6. The third-order valence-corrected chi connectivity index (χ3v) is 4.88. The first-order valence-electron chi connectivity index (χ1n) is 9.47. The molecule has 28 heavy (non-hydrogen) atoms. The molecule has 1 aromatic carbocycles. The van der Waals surface area contributed by atoms with Gasteiger partial charge >= 0.3 is 12.1 Å². The highest BCUT2D eigenvalue weighted by Crippen LogP contribution is 2.36. The van der Waals surface area contributed by atoms with Gasteiger partial charge in [-0.25, -0.2) is 9.59 Å². The molecule has 1 aromatic rings. The summed E-state index contributed by atoms with van der Waals surface area (Å²) >= 11 is 3.52. The number of nitrogens with zero attached hydrogens (tertiary/aromatic N) is 1. The number of halogens is 1. The minimum absolute atomic E-state index is 0.347. The molecule has 0 saturated carbocycles. The van der Waals surface area contributed by atoms with E-state index in [0.717, 1.165) is 5.56 Å². The van der Waals surface area contributed by atoms with Crippen molar-refractivity contribution >= 4 is 28.0 Å². The normalized spacial score (nSPS) is 20.6. The lowest BCUT2D eigenvalue weighted by Gasteiger charge is -2.39. The van der Waals surface area contributed by atoms with Crippen molar-refractivity contribution < 1.29 is 24.2 Å². The van der Waals surface area contributed by atoms with Crippen molar-refractivity contribution in [3.8, 4) is 0 Å². The van der Waals surface area contributed by atoms with Gasteiger partial charge in [0.05, 0.1) is 17.7 Å². The number of hydrogen-bond donors (Lipinski definition) is 1. The van der Waals surface area contributed by atoms with Crippen LogP contribution in [0.2, 0.25) is 0 Å². The summed E-state index contributed by atoms with van der Waals surface area (Å²) in [6.07, 6.45) is 0.00103. The number of ether oxygens (including phenoxy) is 2. The highest BCUT2D eigenvalue weighted by Gasteiger charge is 2.35. The van der Waals surface area contributed by atoms with Crippen LogP contribution in [0.5, 0.6) is 0 Å². The Labute approximate surface area is 175 Å². The van der Waals surface area contributed by atoms with E-state index in [0.29, 0.717) is 29.4 Å². The van der Waals surface area contributed by atoms with E-state index < -0.39 is 29.4 Å². The van der Waals surface area contributed by atoms with Crippen LogP contribution in [-0.4, -0.2) is 45.9 Å². The van der Waals surface area contributed by atoms with Gasteiger partial charge in [0.15, 0.2) is 0 Å². The number of hydrogen-bond acceptors (Lipinski definition) is 5. The highest BCUT2D eigenvalue weighted by atomic mass is 79.9. The van der Waals surface area contributed by atoms with Crippen molar-refractivity contribution in [2.24, 2.45) is 0 Å². The maximum atomic E-state index is 12.7. The third-order valence-electron chi connectivity index (χ3n) is 4.20. The summed E-state index contributed by atoms with van der Waals surface area (Å²) in [6.45, 7) is 11.3. The molecular formula is C21H30BrNO5. The molecule has 2 rings (SSSR count). The minimum Gasteiger partial charge on any atom is -0.456 e. The van der Waals surface area contributed by atoms with Crippen LogP contribution in [-0.2, 0) is 9.47 Å². The molecule has 1 fully saturated rings. The molecule has 0 unspecified atom stereocenters. The van der Waals surface area contributed by atoms with Gasteiger partial charge in [-0.1, -0.05) is 22.0 Å². The molecule has 1 aliphatic rings. The molecule has 1 saturated heterocycles. The van der Waals surface area contributed by atoms with E-state index in [9.17, 15) is 14.7 Å². The van der Waals surface area contributed by atoms with Gasteiger partial charge in [-0.2, -0.15) is 0 Å². The summed E-state index contributed by atoms with van der Waals surface area (Å²) in [6, 6.07) is 4.82. The molecule has 1 N–H and O–H groups in total. The predicted molar refractivity (Wildman–Crippen MR) is 110 cm³/mol. The van der Waals surface area contributed by atoms with Gasteiger partial charge in [0.2, 0.25) is 0 Å². The van der Waals surface area contributed by atoms with E-state index in [-0.39, 0.29) is 6.04 Å². The highest BCUT2D eigenvalue weighted by molar-refractivity contribution is 9.10. The lowest BCUT2D eigenvalue weighted by molar-refractivity contribution is -0.00874. The lowest BCUT2D eigenvalue weighted by atomic mass is 9.93. The molecule has 1 heterocycles. The van der Waals surface area contributed by atoms with E-state index in [1.165, 1.54) is 0 Å². The molecule has 7 heteroatoms. The minimum atomic E-state index is -0.602. The second-order valence-corrected chi connectivity index (χ2v) is 9.96. The van der Waals surface area contributed by atoms with Gasteiger partial charge in [-0.15, -0.1) is 0 Å². The van der Waals surface area contributed by atoms with E-state index in [1.807, 2.05) is 41.5 Å². The Morgan fingerprint density at radius 3 is 2.25 bits per heavy atom. The standard InChI is InChI=1S/C21H30BrNO5/c1-20(2,3)27-18(25)13-7-8-15(16(22)11-13)17-12-14(24)9-10-23(17)19(26)28-21(4,5)6/h7-8,11,14,17,24H,9-10,12H2,1-6H3/t14-,17-/m0/s1. The second-order valence-electron chi connectivity index (χ2n) is 9.11. The van der Waals surface area contributed by atoms with Crippen molar-refractivity contribution in [2.75, 3.05) is 6.54 Å². The number of likely N-dealkylation sites (tertiary alicyclic amines) is 1. The number of carbonyl (C=O) groups is 2. The molecule has 0 aliphatic carbocycles. The maximum Gasteiger partial charge on any atom is 0.410 e. The summed E-state index contributed by atoms with van der Waals surface area (Å²) in [5, 5.41) is 10.2. The number of amides is 1. The van der Waals surface area contributed by atoms with Crippen LogP contribution in [0.15, 0.2) is 22.7 Å². The Morgan fingerprint density at radius 2 is 1.71 bits per heavy atom. The van der Waals surface area contributed by atoms with Gasteiger partial charge in [-0.3, -0.25) is 0 Å². The van der Waals surface area contributed by atoms with Gasteiger partial charge in [0, 0.05) is 11.0 Å². The van der Waals surface area contributed by atoms with E-state index in [2.05, 4.69) is 15.9 Å². The fourth-order valence-electron chi connectivity index (χ4n) is 3.04. The topological polar surface area (TPSA) is 76.1 Å². The predicted octanol–water partition coefficient (Wildman–Crippen LogP) is 4.84. The quantitative estimate of drug-likeness (QED) is 0.645. The fraction of sp³-hybridized carbons (Fsp3) is 0.619. The number of rotatable bonds is 2. The van der Waals surface area contributed by atoms with Crippen molar-refractivity contribution in [3.63, 3.8) is 0 Å². The van der Waals surface area contributed by atoms with E-state index >= 15 is 0 Å². The molecule has 2 atom stereocenters. The fourth-order valence-corrected chi connectivity index (χ4v) is 3.69. The van der Waals surface area contributed by atoms with Crippen LogP contribution in [0.1, 0.15) is 76.3 Å². The van der Waals surface area contributed by atoms with Crippen molar-refractivity contribution in [3.05, 3.63) is 33.8 Å². The average Bonchev–Trinajstić information content (AvgIpc) is 2.51. The molecule has 1 amide bonds. The molecule has 0 aromatic heterocycles. The third kappa shape index (κ3) is 6.21. The van der Waals surface area contributed by atoms with Crippen molar-refractivity contribution in [1.82, 2.24) is 4.90 Å². The molecule has 156 valence electrons. The zero-order valence-corrected chi connectivity index (χ0v) is 19.0. The van der Waals surface area contributed by atoms with Gasteiger partial charge in [-0.05, 0) is 72.1 Å². The second kappa shape index (κ2) is 8.41. The summed E-state index contributed by atoms with van der Waals surface area (Å²) in [4.78, 5) is 26.6. The lowest BCUT2D eigenvalue weighted by Crippen LogP contribution is -2.45. The van der Waals surface area contributed by atoms with Crippen LogP contribution in [0.25, 0.3) is 0 Å². The average molecular weight is 456 g/mol. The number of benzene rings is 1. The monoisotopic (exact) mass is 455 g/mol. The van der Waals surface area contributed by atoms with Crippen molar-refractivity contribution in [1.29, 1.82) is 0 Å². The van der Waals surface area contributed by atoms with Crippen LogP contribution in [0.4, 0.5) is 4.79 Å². The van der Waals surface area contributed by atoms with Crippen LogP contribution in [0.3, 0.4) is 0 Å². The molecule has 6 nitrogen and oxygen atoms in total. The summed E-state index contributed by atoms with van der Waals surface area (Å²) in [5.74, 6) is -0.410. The largest absolute Gasteiger partial charge is 0.456 e. The Bertz CT molecular complexity index is 735. The first-order valence-corrected chi connectivity index (χ1v) is 10.3. The Balaban J connectivity index is 2.29. The van der Waals surface area contributed by atoms with Crippen molar-refractivity contribution in [2.45, 2.75) is 77.7 Å². The molecular weight excluding hydrogens is 426 g/mol. The van der Waals surface area contributed by atoms with Crippen LogP contribution in [0, 0.1) is 0 Å². The zero-order chi connectivity index (χ0) is 21.3. The Hall–Kier alpha value is -1.60. The number of aliphatic hydroxyl groups is 1.